The minimum absolute atomic E-state index is 0.0289. The van der Waals surface area contributed by atoms with Crippen molar-refractivity contribution in [1.82, 2.24) is 19.6 Å². The van der Waals surface area contributed by atoms with E-state index in [-0.39, 0.29) is 17.9 Å². The number of hydrogen-bond donors (Lipinski definition) is 0. The van der Waals surface area contributed by atoms with Gasteiger partial charge in [-0.15, -0.1) is 11.3 Å². The van der Waals surface area contributed by atoms with Gasteiger partial charge in [0.1, 0.15) is 6.10 Å². The van der Waals surface area contributed by atoms with E-state index < -0.39 is 0 Å². The molecule has 2 amide bonds. The number of nitrogens with zero attached hydrogens (tertiary/aromatic N) is 4. The van der Waals surface area contributed by atoms with Crippen molar-refractivity contribution in [2.45, 2.75) is 40.0 Å². The molecule has 2 aromatic heterocycles. The van der Waals surface area contributed by atoms with Crippen LogP contribution >= 0.6 is 11.3 Å². The van der Waals surface area contributed by atoms with Gasteiger partial charge in [-0.1, -0.05) is 18.2 Å². The molecule has 0 aliphatic carbocycles. The van der Waals surface area contributed by atoms with E-state index in [1.165, 1.54) is 11.3 Å². The van der Waals surface area contributed by atoms with Gasteiger partial charge >= 0.3 is 0 Å². The van der Waals surface area contributed by atoms with Gasteiger partial charge in [0, 0.05) is 55.6 Å². The van der Waals surface area contributed by atoms with Crippen LogP contribution in [-0.2, 0) is 22.6 Å². The molecule has 1 saturated heterocycles. The molecule has 31 heavy (non-hydrogen) atoms. The molecule has 1 aliphatic rings. The van der Waals surface area contributed by atoms with Crippen LogP contribution in [0, 0.1) is 6.92 Å². The lowest BCUT2D eigenvalue weighted by molar-refractivity contribution is -0.136. The molecule has 0 radical (unpaired) electrons. The van der Waals surface area contributed by atoms with Crippen LogP contribution in [0.15, 0.2) is 30.5 Å². The molecule has 1 aliphatic heterocycles. The molecule has 1 aromatic carbocycles. The van der Waals surface area contributed by atoms with Gasteiger partial charge in [0.25, 0.3) is 5.91 Å². The number of rotatable bonds is 5. The van der Waals surface area contributed by atoms with E-state index in [0.717, 1.165) is 33.5 Å². The van der Waals surface area contributed by atoms with Crippen LogP contribution in [0.3, 0.4) is 0 Å². The van der Waals surface area contributed by atoms with Crippen molar-refractivity contribution >= 4 is 33.2 Å². The molecule has 8 heteroatoms. The standard InChI is InChI=1S/C23H28N4O3S/c1-5-27-13-17(15(2)24-27)12-25(4)23(29)22-21(18-8-6-7-9-20(18)31-22)19-14-26(16(3)28)10-11-30-19/h6-9,13,19H,5,10-12,14H2,1-4H3/t19-/m1/s1. The van der Waals surface area contributed by atoms with Gasteiger partial charge in [-0.25, -0.2) is 0 Å². The van der Waals surface area contributed by atoms with Crippen molar-refractivity contribution in [3.63, 3.8) is 0 Å². The summed E-state index contributed by atoms with van der Waals surface area (Å²) < 4.78 is 9.00. The van der Waals surface area contributed by atoms with Crippen molar-refractivity contribution < 1.29 is 14.3 Å². The molecule has 4 rings (SSSR count). The van der Waals surface area contributed by atoms with Crippen LogP contribution in [0.25, 0.3) is 10.1 Å². The highest BCUT2D eigenvalue weighted by atomic mass is 32.1. The number of ether oxygens (including phenoxy) is 1. The molecule has 0 saturated carbocycles. The first-order valence-electron chi connectivity index (χ1n) is 10.6. The predicted octanol–water partition coefficient (Wildman–Crippen LogP) is 3.62. The average molecular weight is 441 g/mol. The summed E-state index contributed by atoms with van der Waals surface area (Å²) in [4.78, 5) is 29.7. The maximum absolute atomic E-state index is 13.6. The number of carbonyl (C=O) groups is 2. The first kappa shape index (κ1) is 21.5. The van der Waals surface area contributed by atoms with E-state index in [2.05, 4.69) is 5.10 Å². The van der Waals surface area contributed by atoms with Gasteiger partial charge in [-0.2, -0.15) is 5.10 Å². The highest BCUT2D eigenvalue weighted by Gasteiger charge is 2.31. The van der Waals surface area contributed by atoms with Crippen LogP contribution in [0.1, 0.15) is 46.4 Å². The minimum atomic E-state index is -0.314. The van der Waals surface area contributed by atoms with Crippen LogP contribution in [0.5, 0.6) is 0 Å². The zero-order valence-corrected chi connectivity index (χ0v) is 19.2. The first-order valence-corrected chi connectivity index (χ1v) is 11.4. The quantitative estimate of drug-likeness (QED) is 0.608. The van der Waals surface area contributed by atoms with Crippen molar-refractivity contribution in [2.75, 3.05) is 26.7 Å². The number of amides is 2. The second kappa shape index (κ2) is 8.80. The van der Waals surface area contributed by atoms with Crippen molar-refractivity contribution in [3.05, 3.63) is 52.2 Å². The molecular weight excluding hydrogens is 412 g/mol. The number of fused-ring (bicyclic) bond motifs is 1. The Morgan fingerprint density at radius 2 is 2.10 bits per heavy atom. The third-order valence-electron chi connectivity index (χ3n) is 5.79. The number of benzene rings is 1. The Hall–Kier alpha value is -2.71. The summed E-state index contributed by atoms with van der Waals surface area (Å²) in [5, 5.41) is 5.51. The fourth-order valence-corrected chi connectivity index (χ4v) is 5.28. The second-order valence-corrected chi connectivity index (χ2v) is 8.97. The van der Waals surface area contributed by atoms with E-state index in [0.29, 0.717) is 31.1 Å². The van der Waals surface area contributed by atoms with E-state index in [1.807, 2.05) is 56.0 Å². The van der Waals surface area contributed by atoms with E-state index in [1.54, 1.807) is 16.7 Å². The number of morpholine rings is 1. The Morgan fingerprint density at radius 3 is 2.81 bits per heavy atom. The summed E-state index contributed by atoms with van der Waals surface area (Å²) in [6.45, 7) is 8.38. The lowest BCUT2D eigenvalue weighted by Crippen LogP contribution is -2.41. The lowest BCUT2D eigenvalue weighted by Gasteiger charge is -2.33. The third-order valence-corrected chi connectivity index (χ3v) is 6.96. The smallest absolute Gasteiger partial charge is 0.264 e. The Labute approximate surface area is 186 Å². The molecule has 3 heterocycles. The Morgan fingerprint density at radius 1 is 1.32 bits per heavy atom. The highest BCUT2D eigenvalue weighted by Crippen LogP contribution is 2.39. The molecule has 0 N–H and O–H groups in total. The molecule has 164 valence electrons. The maximum Gasteiger partial charge on any atom is 0.264 e. The summed E-state index contributed by atoms with van der Waals surface area (Å²) in [5.41, 5.74) is 2.87. The summed E-state index contributed by atoms with van der Waals surface area (Å²) >= 11 is 1.49. The monoisotopic (exact) mass is 440 g/mol. The van der Waals surface area contributed by atoms with Gasteiger partial charge in [-0.05, 0) is 25.3 Å². The Kier molecular flexibility index (Phi) is 6.11. The summed E-state index contributed by atoms with van der Waals surface area (Å²) in [5.74, 6) is -0.00959. The lowest BCUT2D eigenvalue weighted by atomic mass is 10.0. The van der Waals surface area contributed by atoms with E-state index in [4.69, 9.17) is 4.74 Å². The SMILES string of the molecule is CCn1cc(CN(C)C(=O)c2sc3ccccc3c2[C@H]2CN(C(C)=O)CCO2)c(C)n1. The zero-order chi connectivity index (χ0) is 22.1. The fraction of sp³-hybridized carbons (Fsp3) is 0.435. The normalized spacial score (nSPS) is 16.6. The van der Waals surface area contributed by atoms with Crippen molar-refractivity contribution in [2.24, 2.45) is 0 Å². The molecule has 3 aromatic rings. The van der Waals surface area contributed by atoms with E-state index >= 15 is 0 Å². The first-order chi connectivity index (χ1) is 14.9. The molecule has 0 bridgehead atoms. The van der Waals surface area contributed by atoms with Gasteiger partial charge in [0.05, 0.1) is 23.7 Å². The van der Waals surface area contributed by atoms with Crippen LogP contribution < -0.4 is 0 Å². The molecule has 0 spiro atoms. The van der Waals surface area contributed by atoms with Gasteiger partial charge in [-0.3, -0.25) is 14.3 Å². The second-order valence-electron chi connectivity index (χ2n) is 7.92. The zero-order valence-electron chi connectivity index (χ0n) is 18.4. The van der Waals surface area contributed by atoms with E-state index in [9.17, 15) is 9.59 Å². The number of carbonyl (C=O) groups excluding carboxylic acids is 2. The van der Waals surface area contributed by atoms with Crippen LogP contribution in [0.4, 0.5) is 0 Å². The van der Waals surface area contributed by atoms with Crippen molar-refractivity contribution in [3.8, 4) is 0 Å². The predicted molar refractivity (Wildman–Crippen MR) is 121 cm³/mol. The molecule has 1 fully saturated rings. The third kappa shape index (κ3) is 4.22. The molecule has 1 atom stereocenters. The van der Waals surface area contributed by atoms with Gasteiger partial charge < -0.3 is 14.5 Å². The molecule has 0 unspecified atom stereocenters. The van der Waals surface area contributed by atoms with Crippen molar-refractivity contribution in [1.29, 1.82) is 0 Å². The Balaban J connectivity index is 1.68. The molecular formula is C23H28N4O3S. The van der Waals surface area contributed by atoms with Crippen LogP contribution in [-0.4, -0.2) is 58.1 Å². The topological polar surface area (TPSA) is 67.7 Å². The van der Waals surface area contributed by atoms with Gasteiger partial charge in [0.15, 0.2) is 0 Å². The summed E-state index contributed by atoms with van der Waals surface area (Å²) in [7, 11) is 1.82. The fourth-order valence-electron chi connectivity index (χ4n) is 4.03. The molecule has 7 nitrogen and oxygen atoms in total. The largest absolute Gasteiger partial charge is 0.370 e. The highest BCUT2D eigenvalue weighted by molar-refractivity contribution is 7.21. The number of aromatic nitrogens is 2. The van der Waals surface area contributed by atoms with Crippen LogP contribution in [0.2, 0.25) is 0 Å². The van der Waals surface area contributed by atoms with Gasteiger partial charge in [0.2, 0.25) is 5.91 Å². The summed E-state index contributed by atoms with van der Waals surface area (Å²) in [6, 6.07) is 8.02. The number of thiophene rings is 1. The minimum Gasteiger partial charge on any atom is -0.370 e. The maximum atomic E-state index is 13.6. The number of hydrogen-bond acceptors (Lipinski definition) is 5. The average Bonchev–Trinajstić information content (AvgIpc) is 3.33. The Bertz CT molecular complexity index is 1120. The summed E-state index contributed by atoms with van der Waals surface area (Å²) in [6.07, 6.45) is 1.69. The number of aryl methyl sites for hydroxylation is 2.